The smallest absolute Gasteiger partial charge is 0.490 e. The molecule has 0 spiro atoms. The van der Waals surface area contributed by atoms with Crippen LogP contribution in [0, 0.1) is 30.3 Å². The Balaban J connectivity index is 2.12. The lowest BCUT2D eigenvalue weighted by Gasteiger charge is -2.29. The van der Waals surface area contributed by atoms with E-state index < -0.39 is 56.7 Å². The van der Waals surface area contributed by atoms with Crippen LogP contribution < -0.4 is 47.3 Å². The van der Waals surface area contributed by atoms with Crippen molar-refractivity contribution >= 4 is 41.9 Å². The molecule has 0 unspecified atom stereocenters. The summed E-state index contributed by atoms with van der Waals surface area (Å²) in [5.74, 6) is 16.7. The molecule has 23 heteroatoms. The minimum absolute atomic E-state index is 0.0864. The number of hydrogen-bond donors (Lipinski definition) is 3. The maximum atomic E-state index is 14.0. The lowest BCUT2D eigenvalue weighted by molar-refractivity contribution is -0.385. The predicted octanol–water partition coefficient (Wildman–Crippen LogP) is 2.78. The van der Waals surface area contributed by atoms with E-state index in [0.29, 0.717) is 0 Å². The number of anilines is 3. The molecule has 6 N–H and O–H groups in total. The molecule has 22 nitrogen and oxygen atoms in total. The summed E-state index contributed by atoms with van der Waals surface area (Å²) in [4.78, 5) is 32.6. The predicted molar refractivity (Wildman–Crippen MR) is 150 cm³/mol. The van der Waals surface area contributed by atoms with Crippen molar-refractivity contribution in [1.29, 1.82) is 0 Å². The van der Waals surface area contributed by atoms with Crippen LogP contribution in [0.3, 0.4) is 0 Å². The molecule has 0 aliphatic carbocycles. The van der Waals surface area contributed by atoms with Crippen molar-refractivity contribution in [3.8, 4) is 17.2 Å². The van der Waals surface area contributed by atoms with Gasteiger partial charge in [-0.1, -0.05) is 18.2 Å². The molecule has 0 aliphatic rings. The van der Waals surface area contributed by atoms with Crippen molar-refractivity contribution in [2.45, 2.75) is 0 Å². The van der Waals surface area contributed by atoms with E-state index in [0.717, 1.165) is 39.5 Å². The molecular formula is C21H24N9O13P. The van der Waals surface area contributed by atoms with E-state index in [1.165, 1.54) is 36.4 Å². The summed E-state index contributed by atoms with van der Waals surface area (Å²) >= 11 is 0. The lowest BCUT2D eigenvalue weighted by Crippen LogP contribution is -2.39. The van der Waals surface area contributed by atoms with Crippen LogP contribution in [0.25, 0.3) is 0 Å². The summed E-state index contributed by atoms with van der Waals surface area (Å²) in [5, 5.41) is 35.6. The van der Waals surface area contributed by atoms with Crippen LogP contribution in [0.4, 0.5) is 34.1 Å². The van der Waals surface area contributed by atoms with Crippen molar-refractivity contribution in [3.63, 3.8) is 0 Å². The molecule has 0 aromatic heterocycles. The molecule has 0 bridgehead atoms. The van der Waals surface area contributed by atoms with Crippen LogP contribution >= 0.6 is 7.82 Å². The number of phosphoric acid groups is 1. The van der Waals surface area contributed by atoms with Crippen molar-refractivity contribution in [1.82, 2.24) is 0 Å². The number of nitrogens with two attached hydrogens (primary N) is 3. The summed E-state index contributed by atoms with van der Waals surface area (Å²) in [5.41, 5.74) is -3.96. The fourth-order valence-electron chi connectivity index (χ4n) is 3.61. The van der Waals surface area contributed by atoms with E-state index in [2.05, 4.69) is 0 Å². The highest BCUT2D eigenvalue weighted by atomic mass is 31.2. The van der Waals surface area contributed by atoms with Crippen LogP contribution in [0.2, 0.25) is 0 Å². The standard InChI is InChI=1S/C21H24N9O13P/c1-38-16-10-4-7-13(19(16)28(31)32)25(22)41-44(37,42-26(23)14-8-5-11-17(39-2)20(14)29(33)34)43-27(24)15-9-6-12-18(40-3)21(15)30(35)36/h4-12H,22-24H2,1-3H3. The SMILES string of the molecule is COc1cccc(N(N)OP(=O)(ON(N)c2cccc(OC)c2[N+](=O)[O-])ON(N)c2cccc(OC)c2[N+](=O)[O-])c1[N+](=O)[O-]. The third-order valence-electron chi connectivity index (χ3n) is 5.42. The Morgan fingerprint density at radius 3 is 1.02 bits per heavy atom. The summed E-state index contributed by atoms with van der Waals surface area (Å²) in [6.07, 6.45) is 0. The second kappa shape index (κ2) is 13.7. The van der Waals surface area contributed by atoms with Gasteiger partial charge in [0.15, 0.2) is 34.3 Å². The number of hydrogen-bond acceptors (Lipinski definition) is 19. The number of para-hydroxylation sites is 3. The lowest BCUT2D eigenvalue weighted by atomic mass is 10.2. The highest BCUT2D eigenvalue weighted by Gasteiger charge is 2.41. The first-order chi connectivity index (χ1) is 20.8. The Bertz CT molecular complexity index is 1430. The molecule has 0 amide bonds. The van der Waals surface area contributed by atoms with Gasteiger partial charge < -0.3 is 14.2 Å². The number of hydrazine groups is 3. The van der Waals surface area contributed by atoms with Gasteiger partial charge in [0.1, 0.15) is 0 Å². The maximum Gasteiger partial charge on any atom is 0.543 e. The molecule has 0 aliphatic heterocycles. The van der Waals surface area contributed by atoms with Crippen LogP contribution in [0.15, 0.2) is 54.6 Å². The fraction of sp³-hybridized carbons (Fsp3) is 0.143. The van der Waals surface area contributed by atoms with E-state index in [1.807, 2.05) is 0 Å². The minimum atomic E-state index is -5.49. The first-order valence-electron chi connectivity index (χ1n) is 11.6. The third-order valence-corrected chi connectivity index (χ3v) is 6.54. The second-order valence-corrected chi connectivity index (χ2v) is 9.31. The van der Waals surface area contributed by atoms with Crippen molar-refractivity contribution in [2.24, 2.45) is 17.5 Å². The molecule has 3 aromatic carbocycles. The van der Waals surface area contributed by atoms with Crippen molar-refractivity contribution < 1.29 is 47.4 Å². The zero-order valence-corrected chi connectivity index (χ0v) is 23.8. The van der Waals surface area contributed by atoms with E-state index in [9.17, 15) is 34.9 Å². The average molecular weight is 641 g/mol. The van der Waals surface area contributed by atoms with Crippen molar-refractivity contribution in [2.75, 3.05) is 36.8 Å². The van der Waals surface area contributed by atoms with Gasteiger partial charge in [0.2, 0.25) is 0 Å². The summed E-state index contributed by atoms with van der Waals surface area (Å²) in [6, 6.07) is 10.6. The Morgan fingerprint density at radius 1 is 0.568 bits per heavy atom. The van der Waals surface area contributed by atoms with Gasteiger partial charge in [0.25, 0.3) is 0 Å². The van der Waals surface area contributed by atoms with Gasteiger partial charge in [0, 0.05) is 0 Å². The first kappa shape index (κ1) is 33.2. The highest BCUT2D eigenvalue weighted by molar-refractivity contribution is 7.48. The first-order valence-corrected chi connectivity index (χ1v) is 13.0. The van der Waals surface area contributed by atoms with Crippen LogP contribution in [-0.2, 0) is 18.4 Å². The zero-order chi connectivity index (χ0) is 32.8. The number of benzene rings is 3. The van der Waals surface area contributed by atoms with Crippen LogP contribution in [0.1, 0.15) is 0 Å². The monoisotopic (exact) mass is 641 g/mol. The number of nitrogens with zero attached hydrogens (tertiary/aromatic N) is 6. The van der Waals surface area contributed by atoms with E-state index in [-0.39, 0.29) is 32.8 Å². The molecule has 0 atom stereocenters. The number of nitro benzene ring substituents is 3. The van der Waals surface area contributed by atoms with Gasteiger partial charge in [-0.05, 0) is 36.4 Å². The molecule has 0 saturated carbocycles. The topological polar surface area (TPSA) is 290 Å². The van der Waals surface area contributed by atoms with Crippen LogP contribution in [0.5, 0.6) is 17.2 Å². The summed E-state index contributed by atoms with van der Waals surface area (Å²) < 4.78 is 44.3. The molecule has 0 saturated heterocycles. The average Bonchev–Trinajstić information content (AvgIpc) is 2.98. The summed E-state index contributed by atoms with van der Waals surface area (Å²) in [6.45, 7) is 0. The third kappa shape index (κ3) is 6.99. The number of ether oxygens (including phenoxy) is 3. The Hall–Kier alpha value is -5.35. The van der Waals surface area contributed by atoms with Gasteiger partial charge in [-0.15, -0.1) is 13.9 Å². The van der Waals surface area contributed by atoms with Gasteiger partial charge >= 0.3 is 24.9 Å². The van der Waals surface area contributed by atoms with Crippen molar-refractivity contribution in [3.05, 3.63) is 84.9 Å². The van der Waals surface area contributed by atoms with E-state index in [1.54, 1.807) is 0 Å². The molecule has 3 aromatic rings. The molecule has 44 heavy (non-hydrogen) atoms. The number of nitro groups is 3. The fourth-order valence-corrected chi connectivity index (χ4v) is 4.61. The normalized spacial score (nSPS) is 11.0. The van der Waals surface area contributed by atoms with Crippen LogP contribution in [-0.4, -0.2) is 36.1 Å². The minimum Gasteiger partial charge on any atom is -0.490 e. The second-order valence-electron chi connectivity index (χ2n) is 7.92. The summed E-state index contributed by atoms with van der Waals surface area (Å²) in [7, 11) is -2.10. The largest absolute Gasteiger partial charge is 0.543 e. The zero-order valence-electron chi connectivity index (χ0n) is 22.9. The molecule has 0 heterocycles. The maximum absolute atomic E-state index is 14.0. The Kier molecular flexibility index (Phi) is 10.4. The van der Waals surface area contributed by atoms with Gasteiger partial charge in [-0.3, -0.25) is 30.3 Å². The molecule has 0 radical (unpaired) electrons. The van der Waals surface area contributed by atoms with Gasteiger partial charge in [-0.2, -0.15) is 15.5 Å². The Labute approximate surface area is 246 Å². The molecule has 0 fully saturated rings. The number of methoxy groups -OCH3 is 3. The molecule has 236 valence electrons. The van der Waals surface area contributed by atoms with Gasteiger partial charge in [-0.25, -0.2) is 22.1 Å². The highest BCUT2D eigenvalue weighted by Crippen LogP contribution is 2.54. The molecular weight excluding hydrogens is 617 g/mol. The number of rotatable bonds is 15. The van der Waals surface area contributed by atoms with Gasteiger partial charge in [0.05, 0.1) is 36.1 Å². The molecule has 3 rings (SSSR count). The quantitative estimate of drug-likeness (QED) is 0.0929. The van der Waals surface area contributed by atoms with E-state index >= 15 is 0 Å². The Morgan fingerprint density at radius 2 is 0.818 bits per heavy atom. The van der Waals surface area contributed by atoms with E-state index in [4.69, 9.17) is 45.6 Å².